The summed E-state index contributed by atoms with van der Waals surface area (Å²) in [5.41, 5.74) is 4.97. The third kappa shape index (κ3) is 4.19. The van der Waals surface area contributed by atoms with Crippen LogP contribution in [0.25, 0.3) is 0 Å². The summed E-state index contributed by atoms with van der Waals surface area (Å²) in [6.07, 6.45) is 0. The molecule has 0 radical (unpaired) electrons. The number of rotatable bonds is 3. The molecule has 0 atom stereocenters. The van der Waals surface area contributed by atoms with E-state index in [2.05, 4.69) is 10.6 Å². The summed E-state index contributed by atoms with van der Waals surface area (Å²) in [6.45, 7) is 6.31. The van der Waals surface area contributed by atoms with Crippen molar-refractivity contribution in [2.75, 3.05) is 5.32 Å². The number of hydrogen-bond acceptors (Lipinski definition) is 2. The highest BCUT2D eigenvalue weighted by Gasteiger charge is 2.13. The van der Waals surface area contributed by atoms with Gasteiger partial charge in [-0.1, -0.05) is 41.5 Å². The zero-order valence-corrected chi connectivity index (χ0v) is 13.1. The van der Waals surface area contributed by atoms with E-state index < -0.39 is 11.8 Å². The monoisotopic (exact) mass is 296 g/mol. The lowest BCUT2D eigenvalue weighted by Crippen LogP contribution is -2.35. The molecule has 4 heteroatoms. The molecule has 0 fully saturated rings. The van der Waals surface area contributed by atoms with Gasteiger partial charge in [0.2, 0.25) is 0 Å². The van der Waals surface area contributed by atoms with Crippen LogP contribution in [-0.2, 0) is 16.1 Å². The third-order valence-electron chi connectivity index (χ3n) is 3.45. The molecule has 0 aliphatic rings. The van der Waals surface area contributed by atoms with E-state index in [1.807, 2.05) is 51.1 Å². The highest BCUT2D eigenvalue weighted by molar-refractivity contribution is 6.39. The molecule has 22 heavy (non-hydrogen) atoms. The number of hydrogen-bond donors (Lipinski definition) is 2. The average Bonchev–Trinajstić information content (AvgIpc) is 2.48. The van der Waals surface area contributed by atoms with Gasteiger partial charge < -0.3 is 10.6 Å². The number of nitrogens with one attached hydrogen (secondary N) is 2. The fraction of sp³-hybridized carbons (Fsp3) is 0.222. The molecule has 4 nitrogen and oxygen atoms in total. The number of carbonyl (C=O) groups excluding carboxylic acids is 2. The molecule has 0 spiro atoms. The van der Waals surface area contributed by atoms with Crippen molar-refractivity contribution in [3.8, 4) is 0 Å². The number of amides is 2. The fourth-order valence-corrected chi connectivity index (χ4v) is 2.12. The molecule has 2 aromatic rings. The summed E-state index contributed by atoms with van der Waals surface area (Å²) in [5, 5.41) is 5.22. The SMILES string of the molecule is Cc1ccc(NC(=O)C(=O)NCc2ccc(C)cc2C)cc1. The number of anilines is 1. The molecule has 0 unspecified atom stereocenters. The van der Waals surface area contributed by atoms with Crippen molar-refractivity contribution in [3.63, 3.8) is 0 Å². The summed E-state index contributed by atoms with van der Waals surface area (Å²) >= 11 is 0. The van der Waals surface area contributed by atoms with Crippen molar-refractivity contribution < 1.29 is 9.59 Å². The highest BCUT2D eigenvalue weighted by Crippen LogP contribution is 2.10. The summed E-state index contributed by atoms with van der Waals surface area (Å²) in [4.78, 5) is 23.7. The lowest BCUT2D eigenvalue weighted by atomic mass is 10.1. The lowest BCUT2D eigenvalue weighted by molar-refractivity contribution is -0.136. The van der Waals surface area contributed by atoms with Crippen LogP contribution >= 0.6 is 0 Å². The van der Waals surface area contributed by atoms with Crippen LogP contribution < -0.4 is 10.6 Å². The second-order valence-electron chi connectivity index (χ2n) is 5.43. The first-order valence-corrected chi connectivity index (χ1v) is 7.17. The Morgan fingerprint density at radius 1 is 0.864 bits per heavy atom. The van der Waals surface area contributed by atoms with E-state index in [1.54, 1.807) is 12.1 Å². The lowest BCUT2D eigenvalue weighted by Gasteiger charge is -2.09. The molecule has 0 bridgehead atoms. The number of carbonyl (C=O) groups is 2. The average molecular weight is 296 g/mol. The summed E-state index contributed by atoms with van der Waals surface area (Å²) in [5.74, 6) is -1.30. The quantitative estimate of drug-likeness (QED) is 0.856. The molecule has 0 saturated carbocycles. The summed E-state index contributed by atoms with van der Waals surface area (Å²) in [7, 11) is 0. The van der Waals surface area contributed by atoms with Crippen LogP contribution in [0.1, 0.15) is 22.3 Å². The van der Waals surface area contributed by atoms with Gasteiger partial charge in [-0.05, 0) is 44.0 Å². The standard InChI is InChI=1S/C18H20N2O2/c1-12-5-8-16(9-6-12)20-18(22)17(21)19-11-15-7-4-13(2)10-14(15)3/h4-10H,11H2,1-3H3,(H,19,21)(H,20,22). The summed E-state index contributed by atoms with van der Waals surface area (Å²) in [6, 6.07) is 13.3. The van der Waals surface area contributed by atoms with Crippen molar-refractivity contribution in [2.24, 2.45) is 0 Å². The first kappa shape index (κ1) is 15.8. The van der Waals surface area contributed by atoms with Gasteiger partial charge in [0.05, 0.1) is 0 Å². The van der Waals surface area contributed by atoms with Crippen LogP contribution in [0.2, 0.25) is 0 Å². The van der Waals surface area contributed by atoms with Crippen molar-refractivity contribution in [2.45, 2.75) is 27.3 Å². The van der Waals surface area contributed by atoms with Crippen molar-refractivity contribution >= 4 is 17.5 Å². The van der Waals surface area contributed by atoms with E-state index in [1.165, 1.54) is 5.56 Å². The molecule has 0 heterocycles. The first-order chi connectivity index (χ1) is 10.5. The van der Waals surface area contributed by atoms with Crippen LogP contribution in [0.3, 0.4) is 0 Å². The van der Waals surface area contributed by atoms with Crippen LogP contribution in [0.4, 0.5) is 5.69 Å². The maximum absolute atomic E-state index is 11.8. The molecule has 114 valence electrons. The predicted octanol–water partition coefficient (Wildman–Crippen LogP) is 2.87. The molecule has 2 aromatic carbocycles. The second-order valence-corrected chi connectivity index (χ2v) is 5.43. The predicted molar refractivity (Wildman–Crippen MR) is 87.6 cm³/mol. The molecular weight excluding hydrogens is 276 g/mol. The minimum absolute atomic E-state index is 0.340. The Balaban J connectivity index is 1.91. The summed E-state index contributed by atoms with van der Waals surface area (Å²) < 4.78 is 0. The van der Waals surface area contributed by atoms with Gasteiger partial charge in [0, 0.05) is 12.2 Å². The van der Waals surface area contributed by atoms with Crippen molar-refractivity contribution in [3.05, 3.63) is 64.7 Å². The molecule has 2 N–H and O–H groups in total. The van der Waals surface area contributed by atoms with E-state index in [-0.39, 0.29) is 0 Å². The number of benzene rings is 2. The van der Waals surface area contributed by atoms with Crippen LogP contribution in [0.5, 0.6) is 0 Å². The minimum Gasteiger partial charge on any atom is -0.344 e. The Morgan fingerprint density at radius 3 is 2.14 bits per heavy atom. The highest BCUT2D eigenvalue weighted by atomic mass is 16.2. The van der Waals surface area contributed by atoms with Crippen LogP contribution in [0, 0.1) is 20.8 Å². The maximum Gasteiger partial charge on any atom is 0.313 e. The smallest absolute Gasteiger partial charge is 0.313 e. The zero-order valence-electron chi connectivity index (χ0n) is 13.1. The third-order valence-corrected chi connectivity index (χ3v) is 3.45. The van der Waals surface area contributed by atoms with Gasteiger partial charge >= 0.3 is 11.8 Å². The number of aryl methyl sites for hydroxylation is 3. The Bertz CT molecular complexity index is 691. The van der Waals surface area contributed by atoms with E-state index in [0.29, 0.717) is 12.2 Å². The topological polar surface area (TPSA) is 58.2 Å². The zero-order chi connectivity index (χ0) is 16.1. The minimum atomic E-state index is -0.659. The molecule has 0 aliphatic carbocycles. The van der Waals surface area contributed by atoms with Gasteiger partial charge in [0.15, 0.2) is 0 Å². The van der Waals surface area contributed by atoms with Crippen molar-refractivity contribution in [1.82, 2.24) is 5.32 Å². The van der Waals surface area contributed by atoms with Crippen molar-refractivity contribution in [1.29, 1.82) is 0 Å². The molecule has 0 aromatic heterocycles. The maximum atomic E-state index is 11.8. The van der Waals surface area contributed by atoms with Crippen LogP contribution in [0.15, 0.2) is 42.5 Å². The molecule has 0 saturated heterocycles. The van der Waals surface area contributed by atoms with Gasteiger partial charge in [0.25, 0.3) is 0 Å². The van der Waals surface area contributed by atoms with Gasteiger partial charge in [0.1, 0.15) is 0 Å². The van der Waals surface area contributed by atoms with Gasteiger partial charge in [-0.2, -0.15) is 0 Å². The molecule has 0 aliphatic heterocycles. The Kier molecular flexibility index (Phi) is 4.94. The van der Waals surface area contributed by atoms with Gasteiger partial charge in [-0.15, -0.1) is 0 Å². The van der Waals surface area contributed by atoms with E-state index in [9.17, 15) is 9.59 Å². The second kappa shape index (κ2) is 6.89. The first-order valence-electron chi connectivity index (χ1n) is 7.17. The molecular formula is C18H20N2O2. The largest absolute Gasteiger partial charge is 0.344 e. The van der Waals surface area contributed by atoms with Gasteiger partial charge in [-0.25, -0.2) is 0 Å². The van der Waals surface area contributed by atoms with Crippen LogP contribution in [-0.4, -0.2) is 11.8 Å². The fourth-order valence-electron chi connectivity index (χ4n) is 2.12. The van der Waals surface area contributed by atoms with E-state index >= 15 is 0 Å². The van der Waals surface area contributed by atoms with E-state index in [4.69, 9.17) is 0 Å². The molecule has 2 amide bonds. The Hall–Kier alpha value is -2.62. The van der Waals surface area contributed by atoms with Gasteiger partial charge in [-0.3, -0.25) is 9.59 Å². The Labute approximate surface area is 130 Å². The molecule has 2 rings (SSSR count). The Morgan fingerprint density at radius 2 is 1.50 bits per heavy atom. The van der Waals surface area contributed by atoms with E-state index in [0.717, 1.165) is 16.7 Å². The normalized spacial score (nSPS) is 10.1.